The lowest BCUT2D eigenvalue weighted by molar-refractivity contribution is 0.0533. The number of hydrogen-bond acceptors (Lipinski definition) is 5. The second-order valence-corrected chi connectivity index (χ2v) is 5.55. The predicted octanol–water partition coefficient (Wildman–Crippen LogP) is 2.92. The number of para-hydroxylation sites is 1. The highest BCUT2D eigenvalue weighted by Crippen LogP contribution is 2.29. The summed E-state index contributed by atoms with van der Waals surface area (Å²) in [6, 6.07) is 6.25. The Kier molecular flexibility index (Phi) is 3.63. The van der Waals surface area contributed by atoms with Gasteiger partial charge >= 0.3 is 12.1 Å². The van der Waals surface area contributed by atoms with Crippen LogP contribution in [-0.4, -0.2) is 34.4 Å². The molecule has 0 saturated carbocycles. The van der Waals surface area contributed by atoms with E-state index < -0.39 is 17.7 Å². The number of carbonyl (C=O) groups is 2. The molecule has 0 fully saturated rings. The summed E-state index contributed by atoms with van der Waals surface area (Å²) in [7, 11) is 1.25. The Balaban J connectivity index is 2.65. The van der Waals surface area contributed by atoms with E-state index in [1.165, 1.54) is 19.2 Å². The molecule has 0 unspecified atom stereocenters. The van der Waals surface area contributed by atoms with Gasteiger partial charge in [-0.25, -0.2) is 14.2 Å². The lowest BCUT2D eigenvalue weighted by Crippen LogP contribution is -2.27. The number of aromatic hydroxyl groups is 1. The third-order valence-corrected chi connectivity index (χ3v) is 2.79. The molecular weight excluding hydrogens is 274 g/mol. The average Bonchev–Trinajstić information content (AvgIpc) is 2.71. The molecule has 0 atom stereocenters. The summed E-state index contributed by atoms with van der Waals surface area (Å²) in [6.45, 7) is 5.15. The number of rotatable bonds is 1. The van der Waals surface area contributed by atoms with Crippen LogP contribution in [0.15, 0.2) is 24.3 Å². The number of carbonyl (C=O) groups excluding carboxylic acids is 2. The van der Waals surface area contributed by atoms with Crippen molar-refractivity contribution in [3.8, 4) is 5.88 Å². The van der Waals surface area contributed by atoms with E-state index in [1.807, 2.05) is 0 Å². The maximum atomic E-state index is 12.2. The van der Waals surface area contributed by atoms with Gasteiger partial charge in [0, 0.05) is 11.5 Å². The smallest absolute Gasteiger partial charge is 0.421 e. The first-order chi connectivity index (χ1) is 9.74. The number of benzene rings is 1. The van der Waals surface area contributed by atoms with Gasteiger partial charge in [-0.05, 0) is 26.8 Å². The van der Waals surface area contributed by atoms with Gasteiger partial charge in [-0.1, -0.05) is 12.1 Å². The Morgan fingerprint density at radius 2 is 1.90 bits per heavy atom. The van der Waals surface area contributed by atoms with Crippen LogP contribution in [0.1, 0.15) is 31.1 Å². The summed E-state index contributed by atoms with van der Waals surface area (Å²) in [5.74, 6) is -0.890. The molecule has 21 heavy (non-hydrogen) atoms. The molecule has 0 spiro atoms. The number of nitrogens with zero attached hydrogens (tertiary/aromatic N) is 1. The third kappa shape index (κ3) is 2.84. The van der Waals surface area contributed by atoms with Gasteiger partial charge in [0.05, 0.1) is 18.2 Å². The van der Waals surface area contributed by atoms with Crippen molar-refractivity contribution in [2.75, 3.05) is 7.11 Å². The van der Waals surface area contributed by atoms with Crippen LogP contribution < -0.4 is 0 Å². The number of ether oxygens (including phenoxy) is 2. The molecule has 2 rings (SSSR count). The molecule has 2 aromatic rings. The Hall–Kier alpha value is -2.50. The van der Waals surface area contributed by atoms with Gasteiger partial charge in [0.2, 0.25) is 5.88 Å². The molecule has 0 saturated heterocycles. The van der Waals surface area contributed by atoms with E-state index in [0.29, 0.717) is 5.39 Å². The minimum atomic E-state index is -0.758. The Bertz CT molecular complexity index is 709. The molecule has 6 heteroatoms. The van der Waals surface area contributed by atoms with Crippen molar-refractivity contribution < 1.29 is 24.2 Å². The monoisotopic (exact) mass is 291 g/mol. The Morgan fingerprint density at radius 3 is 2.48 bits per heavy atom. The third-order valence-electron chi connectivity index (χ3n) is 2.79. The normalized spacial score (nSPS) is 11.4. The topological polar surface area (TPSA) is 77.8 Å². The molecule has 0 aliphatic rings. The molecule has 112 valence electrons. The quantitative estimate of drug-likeness (QED) is 0.817. The molecule has 0 bridgehead atoms. The van der Waals surface area contributed by atoms with Gasteiger partial charge in [-0.2, -0.15) is 0 Å². The van der Waals surface area contributed by atoms with E-state index >= 15 is 0 Å². The van der Waals surface area contributed by atoms with Crippen LogP contribution in [0.3, 0.4) is 0 Å². The second-order valence-electron chi connectivity index (χ2n) is 5.55. The van der Waals surface area contributed by atoms with Crippen LogP contribution in [0.25, 0.3) is 10.9 Å². The van der Waals surface area contributed by atoms with Crippen molar-refractivity contribution in [3.05, 3.63) is 29.8 Å². The van der Waals surface area contributed by atoms with Crippen LogP contribution >= 0.6 is 0 Å². The summed E-state index contributed by atoms with van der Waals surface area (Å²) in [6.07, 6.45) is -0.758. The fraction of sp³-hybridized carbons (Fsp3) is 0.333. The van der Waals surface area contributed by atoms with Crippen LogP contribution in [0.5, 0.6) is 5.88 Å². The van der Waals surface area contributed by atoms with Crippen molar-refractivity contribution in [1.29, 1.82) is 0 Å². The zero-order valence-electron chi connectivity index (χ0n) is 12.3. The highest BCUT2D eigenvalue weighted by Gasteiger charge is 2.25. The van der Waals surface area contributed by atoms with Crippen molar-refractivity contribution >= 4 is 23.0 Å². The summed E-state index contributed by atoms with van der Waals surface area (Å²) < 4.78 is 10.9. The predicted molar refractivity (Wildman–Crippen MR) is 76.6 cm³/mol. The van der Waals surface area contributed by atoms with Crippen molar-refractivity contribution in [3.63, 3.8) is 0 Å². The molecule has 1 heterocycles. The fourth-order valence-electron chi connectivity index (χ4n) is 2.01. The first-order valence-corrected chi connectivity index (χ1v) is 6.39. The van der Waals surface area contributed by atoms with E-state index in [4.69, 9.17) is 9.47 Å². The number of methoxy groups -OCH3 is 1. The molecule has 6 nitrogen and oxygen atoms in total. The van der Waals surface area contributed by atoms with Crippen LogP contribution in [0.4, 0.5) is 4.79 Å². The first-order valence-electron chi connectivity index (χ1n) is 6.39. The lowest BCUT2D eigenvalue weighted by Gasteiger charge is -2.20. The average molecular weight is 291 g/mol. The molecule has 1 aromatic carbocycles. The van der Waals surface area contributed by atoms with Gasteiger partial charge in [0.25, 0.3) is 0 Å². The summed E-state index contributed by atoms with van der Waals surface area (Å²) in [4.78, 5) is 24.1. The standard InChI is InChI=1S/C15H17NO5/c1-15(2,3)21-14(19)16-11(17)8-9-6-5-7-10(12(9)16)13(18)20-4/h5-8,17H,1-4H3. The van der Waals surface area contributed by atoms with Crippen molar-refractivity contribution in [1.82, 2.24) is 4.57 Å². The van der Waals surface area contributed by atoms with Crippen molar-refractivity contribution in [2.45, 2.75) is 26.4 Å². The minimum Gasteiger partial charge on any atom is -0.494 e. The Labute approximate surface area is 121 Å². The lowest BCUT2D eigenvalue weighted by atomic mass is 10.1. The van der Waals surface area contributed by atoms with E-state index in [1.54, 1.807) is 32.9 Å². The molecule has 1 aromatic heterocycles. The van der Waals surface area contributed by atoms with E-state index in [9.17, 15) is 14.7 Å². The van der Waals surface area contributed by atoms with Crippen LogP contribution in [-0.2, 0) is 9.47 Å². The number of esters is 1. The molecular formula is C15H17NO5. The van der Waals surface area contributed by atoms with E-state index in [-0.39, 0.29) is 17.0 Å². The van der Waals surface area contributed by atoms with Crippen molar-refractivity contribution in [2.24, 2.45) is 0 Å². The zero-order valence-corrected chi connectivity index (χ0v) is 12.3. The number of aromatic nitrogens is 1. The summed E-state index contributed by atoms with van der Waals surface area (Å²) in [5.41, 5.74) is -0.280. The largest absolute Gasteiger partial charge is 0.494 e. The molecule has 0 amide bonds. The van der Waals surface area contributed by atoms with E-state index in [2.05, 4.69) is 0 Å². The second kappa shape index (κ2) is 5.12. The number of fused-ring (bicyclic) bond motifs is 1. The first kappa shape index (κ1) is 14.9. The SMILES string of the molecule is COC(=O)c1cccc2cc(O)n(C(=O)OC(C)(C)C)c12. The summed E-state index contributed by atoms with van der Waals surface area (Å²) in [5, 5.41) is 10.5. The maximum Gasteiger partial charge on any atom is 0.421 e. The number of hydrogen-bond donors (Lipinski definition) is 1. The maximum absolute atomic E-state index is 12.2. The Morgan fingerprint density at radius 1 is 1.24 bits per heavy atom. The zero-order chi connectivity index (χ0) is 15.8. The highest BCUT2D eigenvalue weighted by molar-refractivity contribution is 6.06. The highest BCUT2D eigenvalue weighted by atomic mass is 16.6. The van der Waals surface area contributed by atoms with Gasteiger partial charge in [-0.3, -0.25) is 0 Å². The minimum absolute atomic E-state index is 0.182. The fourth-order valence-corrected chi connectivity index (χ4v) is 2.01. The van der Waals surface area contributed by atoms with Crippen LogP contribution in [0, 0.1) is 0 Å². The molecule has 1 N–H and O–H groups in total. The van der Waals surface area contributed by atoms with E-state index in [0.717, 1.165) is 4.57 Å². The van der Waals surface area contributed by atoms with Crippen LogP contribution in [0.2, 0.25) is 0 Å². The summed E-state index contributed by atoms with van der Waals surface area (Å²) >= 11 is 0. The van der Waals surface area contributed by atoms with Gasteiger partial charge in [0.1, 0.15) is 5.60 Å². The van der Waals surface area contributed by atoms with Gasteiger partial charge in [0.15, 0.2) is 0 Å². The molecule has 0 radical (unpaired) electrons. The van der Waals surface area contributed by atoms with Gasteiger partial charge < -0.3 is 14.6 Å². The molecule has 0 aliphatic carbocycles. The molecule has 0 aliphatic heterocycles. The van der Waals surface area contributed by atoms with Gasteiger partial charge in [-0.15, -0.1) is 0 Å².